The first-order valence-corrected chi connectivity index (χ1v) is 6.20. The molecule has 1 unspecified atom stereocenters. The number of methoxy groups -OCH3 is 2. The molecule has 1 rings (SSSR count). The average molecular weight is 267 g/mol. The van der Waals surface area contributed by atoms with Gasteiger partial charge in [0.05, 0.1) is 14.2 Å². The molecule has 0 saturated carbocycles. The van der Waals surface area contributed by atoms with Crippen LogP contribution < -0.4 is 14.8 Å². The monoisotopic (exact) mass is 267 g/mol. The molecule has 5 nitrogen and oxygen atoms in total. The summed E-state index contributed by atoms with van der Waals surface area (Å²) in [6, 6.07) is 5.13. The van der Waals surface area contributed by atoms with Gasteiger partial charge in [0.25, 0.3) is 0 Å². The highest BCUT2D eigenvalue weighted by atomic mass is 16.5. The van der Waals surface area contributed by atoms with E-state index in [4.69, 9.17) is 9.47 Å². The lowest BCUT2D eigenvalue weighted by Gasteiger charge is -2.28. The maximum absolute atomic E-state index is 11.6. The van der Waals surface area contributed by atoms with Crippen LogP contribution in [0.25, 0.3) is 0 Å². The van der Waals surface area contributed by atoms with Crippen LogP contribution in [-0.4, -0.2) is 31.8 Å². The van der Waals surface area contributed by atoms with Crippen molar-refractivity contribution in [1.82, 2.24) is 5.32 Å². The Morgan fingerprint density at radius 3 is 2.53 bits per heavy atom. The van der Waals surface area contributed by atoms with Crippen LogP contribution >= 0.6 is 0 Å². The van der Waals surface area contributed by atoms with Gasteiger partial charge in [-0.3, -0.25) is 5.32 Å². The van der Waals surface area contributed by atoms with Crippen molar-refractivity contribution in [2.45, 2.75) is 25.8 Å². The summed E-state index contributed by atoms with van der Waals surface area (Å²) < 4.78 is 10.4. The van der Waals surface area contributed by atoms with Crippen molar-refractivity contribution >= 4 is 5.97 Å². The van der Waals surface area contributed by atoms with Gasteiger partial charge in [-0.2, -0.15) is 0 Å². The average Bonchev–Trinajstić information content (AvgIpc) is 2.43. The molecule has 0 amide bonds. The first-order valence-electron chi connectivity index (χ1n) is 6.20. The number of carboxylic acid groups (broad SMARTS) is 1. The van der Waals surface area contributed by atoms with Crippen LogP contribution in [0.5, 0.6) is 11.5 Å². The number of hydrogen-bond acceptors (Lipinski definition) is 4. The molecule has 0 aliphatic heterocycles. The predicted molar refractivity (Wildman–Crippen MR) is 72.8 cm³/mol. The smallest absolute Gasteiger partial charge is 0.328 e. The second kappa shape index (κ2) is 6.43. The van der Waals surface area contributed by atoms with E-state index in [1.807, 2.05) is 6.92 Å². The minimum absolute atomic E-state index is 0.493. The molecule has 0 heterocycles. The zero-order valence-corrected chi connectivity index (χ0v) is 11.8. The Morgan fingerprint density at radius 2 is 2.05 bits per heavy atom. The lowest BCUT2D eigenvalue weighted by molar-refractivity contribution is -0.144. The zero-order valence-electron chi connectivity index (χ0n) is 11.8. The molecule has 0 saturated heterocycles. The van der Waals surface area contributed by atoms with Crippen molar-refractivity contribution < 1.29 is 19.4 Å². The fraction of sp³-hybridized carbons (Fsp3) is 0.500. The first kappa shape index (κ1) is 15.3. The summed E-state index contributed by atoms with van der Waals surface area (Å²) in [5.41, 5.74) is -0.607. The van der Waals surface area contributed by atoms with E-state index >= 15 is 0 Å². The largest absolute Gasteiger partial charge is 0.497 e. The maximum atomic E-state index is 11.6. The van der Waals surface area contributed by atoms with E-state index in [0.29, 0.717) is 23.6 Å². The molecule has 0 fully saturated rings. The van der Waals surface area contributed by atoms with Gasteiger partial charge >= 0.3 is 5.97 Å². The highest BCUT2D eigenvalue weighted by Gasteiger charge is 2.37. The minimum atomic E-state index is -1.19. The van der Waals surface area contributed by atoms with Gasteiger partial charge in [-0.1, -0.05) is 6.92 Å². The molecule has 19 heavy (non-hydrogen) atoms. The quantitative estimate of drug-likeness (QED) is 0.791. The van der Waals surface area contributed by atoms with E-state index < -0.39 is 11.5 Å². The molecule has 0 radical (unpaired) electrons. The lowest BCUT2D eigenvalue weighted by Crippen LogP contribution is -2.47. The summed E-state index contributed by atoms with van der Waals surface area (Å²) >= 11 is 0. The van der Waals surface area contributed by atoms with Crippen LogP contribution in [0, 0.1) is 0 Å². The molecule has 0 spiro atoms. The molecular formula is C14H21NO4. The summed E-state index contributed by atoms with van der Waals surface area (Å²) in [6.07, 6.45) is 0.849. The highest BCUT2D eigenvalue weighted by Crippen LogP contribution is 2.33. The lowest BCUT2D eigenvalue weighted by atomic mass is 9.91. The maximum Gasteiger partial charge on any atom is 0.328 e. The van der Waals surface area contributed by atoms with Gasteiger partial charge in [0.15, 0.2) is 0 Å². The second-order valence-corrected chi connectivity index (χ2v) is 4.42. The Labute approximate surface area is 113 Å². The van der Waals surface area contributed by atoms with E-state index in [-0.39, 0.29) is 0 Å². The Bertz CT molecular complexity index is 447. The summed E-state index contributed by atoms with van der Waals surface area (Å²) in [5, 5.41) is 12.6. The Hall–Kier alpha value is -1.75. The van der Waals surface area contributed by atoms with Crippen molar-refractivity contribution in [1.29, 1.82) is 0 Å². The molecule has 0 aliphatic carbocycles. The third-order valence-corrected chi connectivity index (χ3v) is 3.10. The standard InChI is InChI=1S/C14H21NO4/c1-5-8-15-14(2,13(16)17)11-7-6-10(18-3)9-12(11)19-4/h6-7,9,15H,5,8H2,1-4H3,(H,16,17). The summed E-state index contributed by atoms with van der Waals surface area (Å²) in [7, 11) is 3.07. The van der Waals surface area contributed by atoms with Gasteiger partial charge < -0.3 is 14.6 Å². The number of carbonyl (C=O) groups is 1. The molecular weight excluding hydrogens is 246 g/mol. The van der Waals surface area contributed by atoms with E-state index in [1.165, 1.54) is 7.11 Å². The molecule has 0 aromatic heterocycles. The van der Waals surface area contributed by atoms with Crippen LogP contribution in [0.3, 0.4) is 0 Å². The van der Waals surface area contributed by atoms with Crippen molar-refractivity contribution in [3.05, 3.63) is 23.8 Å². The van der Waals surface area contributed by atoms with E-state index in [0.717, 1.165) is 6.42 Å². The number of ether oxygens (including phenoxy) is 2. The number of benzene rings is 1. The van der Waals surface area contributed by atoms with Crippen LogP contribution in [0.2, 0.25) is 0 Å². The van der Waals surface area contributed by atoms with Crippen LogP contribution in [-0.2, 0) is 10.3 Å². The number of nitrogens with one attached hydrogen (secondary N) is 1. The summed E-state index contributed by atoms with van der Waals surface area (Å²) in [4.78, 5) is 11.6. The molecule has 1 atom stereocenters. The normalized spacial score (nSPS) is 13.7. The molecule has 106 valence electrons. The van der Waals surface area contributed by atoms with E-state index in [9.17, 15) is 9.90 Å². The van der Waals surface area contributed by atoms with Gasteiger partial charge in [0, 0.05) is 11.6 Å². The first-order chi connectivity index (χ1) is 8.99. The second-order valence-electron chi connectivity index (χ2n) is 4.42. The third-order valence-electron chi connectivity index (χ3n) is 3.10. The van der Waals surface area contributed by atoms with Gasteiger partial charge in [-0.25, -0.2) is 4.79 Å². The van der Waals surface area contributed by atoms with Gasteiger partial charge in [0.2, 0.25) is 0 Å². The molecule has 0 aliphatic rings. The van der Waals surface area contributed by atoms with E-state index in [2.05, 4.69) is 5.32 Å². The number of aliphatic carboxylic acids is 1. The molecule has 1 aromatic rings. The van der Waals surface area contributed by atoms with Crippen molar-refractivity contribution in [3.63, 3.8) is 0 Å². The van der Waals surface area contributed by atoms with Crippen LogP contribution in [0.1, 0.15) is 25.8 Å². The molecule has 5 heteroatoms. The van der Waals surface area contributed by atoms with E-state index in [1.54, 1.807) is 32.2 Å². The number of carboxylic acids is 1. The number of rotatable bonds is 7. The van der Waals surface area contributed by atoms with Crippen molar-refractivity contribution in [3.8, 4) is 11.5 Å². The van der Waals surface area contributed by atoms with Crippen molar-refractivity contribution in [2.75, 3.05) is 20.8 Å². The topological polar surface area (TPSA) is 67.8 Å². The van der Waals surface area contributed by atoms with Gasteiger partial charge in [0.1, 0.15) is 17.0 Å². The van der Waals surface area contributed by atoms with Gasteiger partial charge in [-0.15, -0.1) is 0 Å². The fourth-order valence-electron chi connectivity index (χ4n) is 1.87. The summed E-state index contributed by atoms with van der Waals surface area (Å²) in [5.74, 6) is 0.182. The summed E-state index contributed by atoms with van der Waals surface area (Å²) in [6.45, 7) is 4.23. The predicted octanol–water partition coefficient (Wildman–Crippen LogP) is 2.00. The SMILES string of the molecule is CCCNC(C)(C(=O)O)c1ccc(OC)cc1OC. The highest BCUT2D eigenvalue weighted by molar-refractivity contribution is 5.81. The van der Waals surface area contributed by atoms with Crippen LogP contribution in [0.4, 0.5) is 0 Å². The van der Waals surface area contributed by atoms with Gasteiger partial charge in [-0.05, 0) is 32.0 Å². The molecule has 1 aromatic carbocycles. The van der Waals surface area contributed by atoms with Crippen molar-refractivity contribution in [2.24, 2.45) is 0 Å². The third kappa shape index (κ3) is 3.17. The van der Waals surface area contributed by atoms with Crippen LogP contribution in [0.15, 0.2) is 18.2 Å². The molecule has 0 bridgehead atoms. The molecule has 2 N–H and O–H groups in total. The minimum Gasteiger partial charge on any atom is -0.497 e. The Morgan fingerprint density at radius 1 is 1.37 bits per heavy atom. The number of hydrogen-bond donors (Lipinski definition) is 2. The Kier molecular flexibility index (Phi) is 5.18. The Balaban J connectivity index is 3.25. The zero-order chi connectivity index (χ0) is 14.5. The fourth-order valence-corrected chi connectivity index (χ4v) is 1.87.